The molecule has 0 N–H and O–H groups in total. The third kappa shape index (κ3) is 4.63. The van der Waals surface area contributed by atoms with Gasteiger partial charge in [-0.25, -0.2) is 0 Å². The van der Waals surface area contributed by atoms with E-state index in [1.54, 1.807) is 14.2 Å². The molecule has 0 bridgehead atoms. The van der Waals surface area contributed by atoms with Crippen LogP contribution in [0.25, 0.3) is 0 Å². The van der Waals surface area contributed by atoms with Crippen molar-refractivity contribution in [3.05, 3.63) is 47.1 Å². The number of esters is 1. The SMILES string of the molecule is COc1ccc(COCC[C@@H]2[C@@](C)(CCC=C(C)C)CC=C3CO[C@H]4CC(=O)O[C@@]342)c(OC)c1. The molecule has 186 valence electrons. The first-order valence-electron chi connectivity index (χ1n) is 12.3. The van der Waals surface area contributed by atoms with Crippen LogP contribution in [0.5, 0.6) is 11.5 Å². The lowest BCUT2D eigenvalue weighted by atomic mass is 9.57. The Kier molecular flexibility index (Phi) is 7.39. The van der Waals surface area contributed by atoms with Gasteiger partial charge in [-0.05, 0) is 62.7 Å². The topological polar surface area (TPSA) is 63.2 Å². The second-order valence-corrected chi connectivity index (χ2v) is 10.3. The average molecular weight is 471 g/mol. The van der Waals surface area contributed by atoms with Crippen LogP contribution in [0.1, 0.15) is 58.4 Å². The van der Waals surface area contributed by atoms with E-state index in [4.69, 9.17) is 23.7 Å². The quantitative estimate of drug-likeness (QED) is 0.259. The number of hydrogen-bond acceptors (Lipinski definition) is 6. The molecular weight excluding hydrogens is 432 g/mol. The third-order valence-electron chi connectivity index (χ3n) is 7.80. The van der Waals surface area contributed by atoms with Crippen molar-refractivity contribution in [2.45, 2.75) is 71.2 Å². The van der Waals surface area contributed by atoms with Gasteiger partial charge in [0.1, 0.15) is 17.6 Å². The highest BCUT2D eigenvalue weighted by molar-refractivity contribution is 5.75. The summed E-state index contributed by atoms with van der Waals surface area (Å²) in [6.07, 6.45) is 8.53. The van der Waals surface area contributed by atoms with Gasteiger partial charge in [0.05, 0.1) is 33.9 Å². The Morgan fingerprint density at radius 3 is 2.79 bits per heavy atom. The minimum absolute atomic E-state index is 0.00676. The fourth-order valence-electron chi connectivity index (χ4n) is 6.00. The first-order valence-corrected chi connectivity index (χ1v) is 12.3. The molecule has 1 aromatic carbocycles. The fraction of sp³-hybridized carbons (Fsp3) is 0.607. The maximum atomic E-state index is 12.4. The van der Waals surface area contributed by atoms with Crippen LogP contribution in [0, 0.1) is 11.3 Å². The van der Waals surface area contributed by atoms with E-state index in [0.717, 1.165) is 48.3 Å². The summed E-state index contributed by atoms with van der Waals surface area (Å²) in [5, 5.41) is 0. The number of hydrogen-bond donors (Lipinski definition) is 0. The van der Waals surface area contributed by atoms with Gasteiger partial charge in [0.2, 0.25) is 0 Å². The van der Waals surface area contributed by atoms with Crippen LogP contribution in [0.15, 0.2) is 41.5 Å². The first-order chi connectivity index (χ1) is 16.3. The lowest BCUT2D eigenvalue weighted by molar-refractivity contribution is -0.158. The van der Waals surface area contributed by atoms with E-state index in [1.807, 2.05) is 18.2 Å². The molecule has 1 aromatic rings. The molecule has 6 nitrogen and oxygen atoms in total. The van der Waals surface area contributed by atoms with Crippen LogP contribution in [0.3, 0.4) is 0 Å². The van der Waals surface area contributed by atoms with Crippen molar-refractivity contribution in [2.24, 2.45) is 11.3 Å². The molecular formula is C28H38O6. The van der Waals surface area contributed by atoms with Gasteiger partial charge in [-0.15, -0.1) is 0 Å². The molecule has 0 aromatic heterocycles. The maximum Gasteiger partial charge on any atom is 0.309 e. The zero-order valence-corrected chi connectivity index (χ0v) is 21.1. The molecule has 2 heterocycles. The molecule has 3 aliphatic rings. The maximum absolute atomic E-state index is 12.4. The standard InChI is InChI=1S/C28H38O6/c1-19(2)7-6-12-27(3)13-10-21-18-33-25-16-26(29)34-28(21,25)24(27)11-14-32-17-20-8-9-22(30-4)15-23(20)31-5/h7-10,15,24-25H,6,11-14,16-18H2,1-5H3/t24-,25+,27+,28-/m1/s1. The minimum Gasteiger partial charge on any atom is -0.497 e. The molecule has 4 rings (SSSR count). The Morgan fingerprint density at radius 2 is 2.06 bits per heavy atom. The summed E-state index contributed by atoms with van der Waals surface area (Å²) in [5.74, 6) is 1.49. The number of methoxy groups -OCH3 is 2. The van der Waals surface area contributed by atoms with Gasteiger partial charge in [-0.2, -0.15) is 0 Å². The van der Waals surface area contributed by atoms with E-state index in [2.05, 4.69) is 32.9 Å². The molecule has 2 aliphatic heterocycles. The summed E-state index contributed by atoms with van der Waals surface area (Å²) in [5.41, 5.74) is 2.80. The zero-order chi connectivity index (χ0) is 24.3. The van der Waals surface area contributed by atoms with Crippen LogP contribution < -0.4 is 9.47 Å². The Bertz CT molecular complexity index is 962. The van der Waals surface area contributed by atoms with Crippen molar-refractivity contribution in [1.29, 1.82) is 0 Å². The largest absolute Gasteiger partial charge is 0.497 e. The van der Waals surface area contributed by atoms with Gasteiger partial charge in [0.15, 0.2) is 5.60 Å². The Hall–Kier alpha value is -2.31. The third-order valence-corrected chi connectivity index (χ3v) is 7.80. The van der Waals surface area contributed by atoms with Gasteiger partial charge in [-0.3, -0.25) is 4.79 Å². The molecule has 0 amide bonds. The summed E-state index contributed by atoms with van der Waals surface area (Å²) >= 11 is 0. The predicted octanol–water partition coefficient (Wildman–Crippen LogP) is 5.39. The Labute approximate surface area is 203 Å². The summed E-state index contributed by atoms with van der Waals surface area (Å²) in [4.78, 5) is 12.4. The number of benzene rings is 1. The van der Waals surface area contributed by atoms with Crippen molar-refractivity contribution >= 4 is 5.97 Å². The van der Waals surface area contributed by atoms with Crippen LogP contribution >= 0.6 is 0 Å². The van der Waals surface area contributed by atoms with E-state index in [1.165, 1.54) is 5.57 Å². The molecule has 2 fully saturated rings. The number of carbonyl (C=O) groups is 1. The molecule has 2 saturated heterocycles. The van der Waals surface area contributed by atoms with Crippen LogP contribution in [-0.2, 0) is 25.6 Å². The van der Waals surface area contributed by atoms with Crippen LogP contribution in [0.4, 0.5) is 0 Å². The lowest BCUT2D eigenvalue weighted by Crippen LogP contribution is -2.54. The van der Waals surface area contributed by atoms with Crippen molar-refractivity contribution in [3.63, 3.8) is 0 Å². The van der Waals surface area contributed by atoms with E-state index in [0.29, 0.717) is 26.2 Å². The number of allylic oxidation sites excluding steroid dienone is 3. The minimum atomic E-state index is -0.643. The summed E-state index contributed by atoms with van der Waals surface area (Å²) in [7, 11) is 3.29. The fourth-order valence-corrected chi connectivity index (χ4v) is 6.00. The summed E-state index contributed by atoms with van der Waals surface area (Å²) in [6.45, 7) is 8.19. The highest BCUT2D eigenvalue weighted by atomic mass is 16.6. The number of ether oxygens (including phenoxy) is 5. The Morgan fingerprint density at radius 1 is 1.24 bits per heavy atom. The van der Waals surface area contributed by atoms with Gasteiger partial charge in [0, 0.05) is 24.2 Å². The van der Waals surface area contributed by atoms with Gasteiger partial charge in [0.25, 0.3) is 0 Å². The molecule has 0 saturated carbocycles. The van der Waals surface area contributed by atoms with E-state index >= 15 is 0 Å². The van der Waals surface area contributed by atoms with Gasteiger partial charge >= 0.3 is 5.97 Å². The lowest BCUT2D eigenvalue weighted by Gasteiger charge is -2.50. The molecule has 0 radical (unpaired) electrons. The Balaban J connectivity index is 1.51. The second kappa shape index (κ2) is 10.1. The normalized spacial score (nSPS) is 29.7. The molecule has 1 aliphatic carbocycles. The van der Waals surface area contributed by atoms with Crippen molar-refractivity contribution in [3.8, 4) is 11.5 Å². The van der Waals surface area contributed by atoms with Crippen LogP contribution in [0.2, 0.25) is 0 Å². The average Bonchev–Trinajstić information content (AvgIpc) is 3.31. The summed E-state index contributed by atoms with van der Waals surface area (Å²) < 4.78 is 29.2. The first kappa shape index (κ1) is 24.8. The van der Waals surface area contributed by atoms with E-state index < -0.39 is 5.60 Å². The number of rotatable bonds is 10. The second-order valence-electron chi connectivity index (χ2n) is 10.3. The summed E-state index contributed by atoms with van der Waals surface area (Å²) in [6, 6.07) is 5.76. The predicted molar refractivity (Wildman–Crippen MR) is 130 cm³/mol. The van der Waals surface area contributed by atoms with E-state index in [9.17, 15) is 4.79 Å². The van der Waals surface area contributed by atoms with E-state index in [-0.39, 0.29) is 23.4 Å². The van der Waals surface area contributed by atoms with Gasteiger partial charge < -0.3 is 23.7 Å². The van der Waals surface area contributed by atoms with Crippen LogP contribution in [-0.4, -0.2) is 45.1 Å². The monoisotopic (exact) mass is 470 g/mol. The smallest absolute Gasteiger partial charge is 0.309 e. The molecule has 34 heavy (non-hydrogen) atoms. The van der Waals surface area contributed by atoms with Crippen molar-refractivity contribution < 1.29 is 28.5 Å². The highest BCUT2D eigenvalue weighted by Gasteiger charge is 2.65. The molecule has 6 heteroatoms. The van der Waals surface area contributed by atoms with Crippen molar-refractivity contribution in [1.82, 2.24) is 0 Å². The highest BCUT2D eigenvalue weighted by Crippen LogP contribution is 2.58. The molecule has 0 unspecified atom stereocenters. The van der Waals surface area contributed by atoms with Crippen molar-refractivity contribution in [2.75, 3.05) is 27.4 Å². The number of carbonyl (C=O) groups excluding carboxylic acids is 1. The molecule has 4 atom stereocenters. The zero-order valence-electron chi connectivity index (χ0n) is 21.1. The molecule has 1 spiro atoms. The van der Waals surface area contributed by atoms with Gasteiger partial charge in [-0.1, -0.05) is 24.6 Å².